The Balaban J connectivity index is 1.78. The molecule has 0 bridgehead atoms. The summed E-state index contributed by atoms with van der Waals surface area (Å²) < 4.78 is 37.1. The monoisotopic (exact) mass is 291 g/mol. The fraction of sp³-hybridized carbons (Fsp3) is 0.250. The van der Waals surface area contributed by atoms with Gasteiger partial charge >= 0.3 is 0 Å². The van der Waals surface area contributed by atoms with Gasteiger partial charge in [0.2, 0.25) is 0 Å². The molecule has 3 rings (SSSR count). The molecule has 2 aromatic rings. The topological polar surface area (TPSA) is 30.5 Å². The highest BCUT2D eigenvalue weighted by Crippen LogP contribution is 2.33. The van der Waals surface area contributed by atoms with E-state index in [2.05, 4.69) is 5.32 Å². The molecule has 110 valence electrons. The summed E-state index contributed by atoms with van der Waals surface area (Å²) in [7, 11) is 0. The molecule has 0 saturated heterocycles. The largest absolute Gasteiger partial charge is 0.486 e. The molecule has 1 N–H and O–H groups in total. The summed E-state index contributed by atoms with van der Waals surface area (Å²) in [5.74, 6) is -0.287. The van der Waals surface area contributed by atoms with E-state index < -0.39 is 11.6 Å². The van der Waals surface area contributed by atoms with Crippen molar-refractivity contribution in [2.45, 2.75) is 13.0 Å². The zero-order valence-electron chi connectivity index (χ0n) is 11.5. The van der Waals surface area contributed by atoms with Crippen molar-refractivity contribution in [1.29, 1.82) is 0 Å². The van der Waals surface area contributed by atoms with Gasteiger partial charge in [0.05, 0.1) is 0 Å². The lowest BCUT2D eigenvalue weighted by molar-refractivity contribution is 0.171. The van der Waals surface area contributed by atoms with Crippen molar-refractivity contribution in [1.82, 2.24) is 0 Å². The lowest BCUT2D eigenvalue weighted by atomic mass is 10.1. The first-order valence-corrected chi connectivity index (χ1v) is 6.74. The molecule has 1 aliphatic rings. The predicted molar refractivity (Wildman–Crippen MR) is 75.8 cm³/mol. The van der Waals surface area contributed by atoms with Crippen LogP contribution in [0, 0.1) is 11.6 Å². The Kier molecular flexibility index (Phi) is 3.64. The van der Waals surface area contributed by atoms with Gasteiger partial charge in [-0.25, -0.2) is 8.78 Å². The minimum Gasteiger partial charge on any atom is -0.486 e. The van der Waals surface area contributed by atoms with Gasteiger partial charge in [0.1, 0.15) is 13.2 Å². The molecule has 0 amide bonds. The van der Waals surface area contributed by atoms with Crippen molar-refractivity contribution in [2.24, 2.45) is 0 Å². The van der Waals surface area contributed by atoms with Crippen molar-refractivity contribution >= 4 is 5.69 Å². The second-order valence-corrected chi connectivity index (χ2v) is 4.90. The van der Waals surface area contributed by atoms with Gasteiger partial charge in [0, 0.05) is 17.8 Å². The Labute approximate surface area is 121 Å². The molecule has 0 fully saturated rings. The molecule has 0 aromatic heterocycles. The van der Waals surface area contributed by atoms with Gasteiger partial charge in [-0.1, -0.05) is 6.07 Å². The molecule has 1 heterocycles. The first kappa shape index (κ1) is 13.7. The summed E-state index contributed by atoms with van der Waals surface area (Å²) in [6.45, 7) is 3.02. The van der Waals surface area contributed by atoms with Gasteiger partial charge in [-0.3, -0.25) is 0 Å². The third kappa shape index (κ3) is 2.91. The van der Waals surface area contributed by atoms with Crippen LogP contribution in [0.3, 0.4) is 0 Å². The van der Waals surface area contributed by atoms with E-state index >= 15 is 0 Å². The van der Waals surface area contributed by atoms with Crippen LogP contribution >= 0.6 is 0 Å². The van der Waals surface area contributed by atoms with Crippen molar-refractivity contribution in [3.63, 3.8) is 0 Å². The van der Waals surface area contributed by atoms with E-state index in [0.29, 0.717) is 24.7 Å². The SMILES string of the molecule is CC(Nc1ccc(F)c(F)c1)c1ccc2c(c1)OCCO2. The Hall–Kier alpha value is -2.30. The van der Waals surface area contributed by atoms with Gasteiger partial charge in [0.25, 0.3) is 0 Å². The number of anilines is 1. The van der Waals surface area contributed by atoms with E-state index in [4.69, 9.17) is 9.47 Å². The normalized spacial score (nSPS) is 14.6. The summed E-state index contributed by atoms with van der Waals surface area (Å²) in [4.78, 5) is 0. The van der Waals surface area contributed by atoms with E-state index in [9.17, 15) is 8.78 Å². The molecule has 0 aliphatic carbocycles. The fourth-order valence-corrected chi connectivity index (χ4v) is 2.25. The van der Waals surface area contributed by atoms with E-state index in [1.54, 1.807) is 0 Å². The van der Waals surface area contributed by atoms with Gasteiger partial charge in [-0.05, 0) is 36.8 Å². The zero-order chi connectivity index (χ0) is 14.8. The number of fused-ring (bicyclic) bond motifs is 1. The second-order valence-electron chi connectivity index (χ2n) is 4.90. The van der Waals surface area contributed by atoms with Crippen LogP contribution in [0.15, 0.2) is 36.4 Å². The van der Waals surface area contributed by atoms with E-state index in [1.807, 2.05) is 25.1 Å². The Bertz CT molecular complexity index is 661. The number of hydrogen-bond acceptors (Lipinski definition) is 3. The predicted octanol–water partition coefficient (Wildman–Crippen LogP) is 3.91. The molecule has 1 atom stereocenters. The van der Waals surface area contributed by atoms with Crippen LogP contribution in [0.2, 0.25) is 0 Å². The van der Waals surface area contributed by atoms with Gasteiger partial charge in [0.15, 0.2) is 23.1 Å². The molecular weight excluding hydrogens is 276 g/mol. The quantitative estimate of drug-likeness (QED) is 0.930. The number of benzene rings is 2. The maximum Gasteiger partial charge on any atom is 0.161 e. The average Bonchev–Trinajstić information content (AvgIpc) is 2.50. The molecule has 0 radical (unpaired) electrons. The van der Waals surface area contributed by atoms with Crippen molar-refractivity contribution in [3.05, 3.63) is 53.6 Å². The van der Waals surface area contributed by atoms with Gasteiger partial charge in [-0.15, -0.1) is 0 Å². The Morgan fingerprint density at radius 1 is 0.952 bits per heavy atom. The van der Waals surface area contributed by atoms with Crippen molar-refractivity contribution in [3.8, 4) is 11.5 Å². The highest BCUT2D eigenvalue weighted by atomic mass is 19.2. The maximum absolute atomic E-state index is 13.2. The number of nitrogens with one attached hydrogen (secondary N) is 1. The molecule has 3 nitrogen and oxygen atoms in total. The first-order chi connectivity index (χ1) is 10.1. The molecular formula is C16H15F2NO2. The van der Waals surface area contributed by atoms with Gasteiger partial charge < -0.3 is 14.8 Å². The summed E-state index contributed by atoms with van der Waals surface area (Å²) >= 11 is 0. The molecule has 1 unspecified atom stereocenters. The Morgan fingerprint density at radius 2 is 1.71 bits per heavy atom. The fourth-order valence-electron chi connectivity index (χ4n) is 2.25. The van der Waals surface area contributed by atoms with Crippen LogP contribution < -0.4 is 14.8 Å². The number of hydrogen-bond donors (Lipinski definition) is 1. The minimum atomic E-state index is -0.866. The lowest BCUT2D eigenvalue weighted by Crippen LogP contribution is -2.16. The van der Waals surface area contributed by atoms with Crippen molar-refractivity contribution < 1.29 is 18.3 Å². The summed E-state index contributed by atoms with van der Waals surface area (Å²) in [5.41, 5.74) is 1.50. The van der Waals surface area contributed by atoms with Crippen LogP contribution in [0.1, 0.15) is 18.5 Å². The standard InChI is InChI=1S/C16H15F2NO2/c1-10(19-12-3-4-13(17)14(18)9-12)11-2-5-15-16(8-11)21-7-6-20-15/h2-5,8-10,19H,6-7H2,1H3. The smallest absolute Gasteiger partial charge is 0.161 e. The highest BCUT2D eigenvalue weighted by molar-refractivity contribution is 5.49. The van der Waals surface area contributed by atoms with Crippen LogP contribution in [-0.4, -0.2) is 13.2 Å². The number of halogens is 2. The molecule has 1 aliphatic heterocycles. The molecule has 0 spiro atoms. The summed E-state index contributed by atoms with van der Waals surface area (Å²) in [6, 6.07) is 9.35. The second kappa shape index (κ2) is 5.60. The number of rotatable bonds is 3. The third-order valence-electron chi connectivity index (χ3n) is 3.37. The highest BCUT2D eigenvalue weighted by Gasteiger charge is 2.14. The average molecular weight is 291 g/mol. The minimum absolute atomic E-state index is 0.0781. The zero-order valence-corrected chi connectivity index (χ0v) is 11.5. The Morgan fingerprint density at radius 3 is 2.48 bits per heavy atom. The van der Waals surface area contributed by atoms with E-state index in [1.165, 1.54) is 6.07 Å². The first-order valence-electron chi connectivity index (χ1n) is 6.74. The van der Waals surface area contributed by atoms with Crippen LogP contribution in [0.4, 0.5) is 14.5 Å². The summed E-state index contributed by atoms with van der Waals surface area (Å²) in [5, 5.41) is 3.13. The number of ether oxygens (including phenoxy) is 2. The molecule has 2 aromatic carbocycles. The lowest BCUT2D eigenvalue weighted by Gasteiger charge is -2.21. The molecule has 21 heavy (non-hydrogen) atoms. The van der Waals surface area contributed by atoms with E-state index in [-0.39, 0.29) is 6.04 Å². The van der Waals surface area contributed by atoms with Crippen molar-refractivity contribution in [2.75, 3.05) is 18.5 Å². The van der Waals surface area contributed by atoms with Crippen LogP contribution in [-0.2, 0) is 0 Å². The molecule has 0 saturated carbocycles. The van der Waals surface area contributed by atoms with Crippen LogP contribution in [0.25, 0.3) is 0 Å². The summed E-state index contributed by atoms with van der Waals surface area (Å²) in [6.07, 6.45) is 0. The third-order valence-corrected chi connectivity index (χ3v) is 3.37. The maximum atomic E-state index is 13.2. The van der Waals surface area contributed by atoms with Crippen LogP contribution in [0.5, 0.6) is 11.5 Å². The van der Waals surface area contributed by atoms with Gasteiger partial charge in [-0.2, -0.15) is 0 Å². The van der Waals surface area contributed by atoms with E-state index in [0.717, 1.165) is 23.4 Å². The molecule has 5 heteroatoms.